The monoisotopic (exact) mass is 669 g/mol. The van der Waals surface area contributed by atoms with Crippen molar-refractivity contribution in [3.8, 4) is 17.2 Å². The molecule has 0 aliphatic carbocycles. The summed E-state index contributed by atoms with van der Waals surface area (Å²) in [7, 11) is 0. The maximum atomic E-state index is 14.0. The van der Waals surface area contributed by atoms with E-state index in [0.29, 0.717) is 5.75 Å². The molecule has 258 valence electrons. The molecule has 0 spiro atoms. The van der Waals surface area contributed by atoms with Gasteiger partial charge in [0.15, 0.2) is 12.7 Å². The summed E-state index contributed by atoms with van der Waals surface area (Å²) in [6, 6.07) is 11.4. The molecule has 1 heterocycles. The van der Waals surface area contributed by atoms with E-state index in [9.17, 15) is 32.7 Å². The maximum absolute atomic E-state index is 14.0. The van der Waals surface area contributed by atoms with Crippen LogP contribution in [-0.4, -0.2) is 35.7 Å². The third-order valence-electron chi connectivity index (χ3n) is 9.03. The van der Waals surface area contributed by atoms with Gasteiger partial charge in [0, 0.05) is 23.4 Å². The number of urea groups is 1. The van der Waals surface area contributed by atoms with Crippen LogP contribution in [0.3, 0.4) is 0 Å². The molecule has 48 heavy (non-hydrogen) atoms. The molecule has 1 aliphatic heterocycles. The molecule has 1 atom stereocenters. The summed E-state index contributed by atoms with van der Waals surface area (Å²) in [6.45, 7) is 14.1. The quantitative estimate of drug-likeness (QED) is 0.186. The summed E-state index contributed by atoms with van der Waals surface area (Å²) >= 11 is 0. The second-order valence-corrected chi connectivity index (χ2v) is 13.0. The van der Waals surface area contributed by atoms with Gasteiger partial charge in [0.2, 0.25) is 0 Å². The van der Waals surface area contributed by atoms with Crippen molar-refractivity contribution >= 4 is 34.9 Å². The standard InChI is InChI=1S/C36H42F3N3O6/c1-8-28(48-29-16-13-22(34(4,5)9-2)17-24(29)35(6,7)10-3)32(45)42-26-19-27(43)25(18-30(26)47-20-31(42)44)41-33(46)40-23-14-11-21(12-15-23)36(37,38)39/h11-19,28,43H,8-10,20H2,1-7H3,(H2,40,41,46). The number of ether oxygens (including phenoxy) is 2. The van der Waals surface area contributed by atoms with E-state index >= 15 is 0 Å². The van der Waals surface area contributed by atoms with Gasteiger partial charge in [0.05, 0.1) is 16.9 Å². The van der Waals surface area contributed by atoms with Crippen molar-refractivity contribution in [2.45, 2.75) is 90.8 Å². The first-order chi connectivity index (χ1) is 22.4. The van der Waals surface area contributed by atoms with Gasteiger partial charge in [0.25, 0.3) is 11.8 Å². The van der Waals surface area contributed by atoms with Crippen molar-refractivity contribution in [1.82, 2.24) is 0 Å². The van der Waals surface area contributed by atoms with Crippen LogP contribution in [0.2, 0.25) is 0 Å². The minimum absolute atomic E-state index is 0.0290. The molecule has 4 amide bonds. The number of aromatic hydroxyl groups is 1. The molecule has 0 fully saturated rings. The minimum atomic E-state index is -4.53. The highest BCUT2D eigenvalue weighted by Gasteiger charge is 2.38. The van der Waals surface area contributed by atoms with E-state index in [1.54, 1.807) is 6.92 Å². The molecule has 4 rings (SSSR count). The van der Waals surface area contributed by atoms with E-state index in [2.05, 4.69) is 58.2 Å². The van der Waals surface area contributed by atoms with E-state index in [1.807, 2.05) is 12.1 Å². The largest absolute Gasteiger partial charge is 0.506 e. The first kappa shape index (κ1) is 36.1. The van der Waals surface area contributed by atoms with Gasteiger partial charge in [-0.3, -0.25) is 9.59 Å². The van der Waals surface area contributed by atoms with E-state index in [4.69, 9.17) is 9.47 Å². The number of rotatable bonds is 10. The van der Waals surface area contributed by atoms with Crippen LogP contribution in [0.1, 0.15) is 84.4 Å². The zero-order valence-electron chi connectivity index (χ0n) is 28.2. The van der Waals surface area contributed by atoms with Gasteiger partial charge < -0.3 is 25.2 Å². The number of anilines is 3. The molecule has 1 unspecified atom stereocenters. The van der Waals surface area contributed by atoms with Crippen LogP contribution in [0.4, 0.5) is 35.0 Å². The molecule has 0 saturated heterocycles. The SMILES string of the molecule is CCC(Oc1ccc(C(C)(C)CC)cc1C(C)(C)CC)C(=O)N1C(=O)COc2cc(NC(=O)Nc3ccc(C(F)(F)F)cc3)c(O)cc21. The van der Waals surface area contributed by atoms with Gasteiger partial charge in [-0.15, -0.1) is 0 Å². The summed E-state index contributed by atoms with van der Waals surface area (Å²) in [5.41, 5.74) is 0.817. The van der Waals surface area contributed by atoms with Crippen LogP contribution >= 0.6 is 0 Å². The number of hydrogen-bond acceptors (Lipinski definition) is 6. The van der Waals surface area contributed by atoms with Crippen molar-refractivity contribution in [3.05, 3.63) is 71.3 Å². The number of halogens is 3. The van der Waals surface area contributed by atoms with E-state index < -0.39 is 48.0 Å². The molecular weight excluding hydrogens is 627 g/mol. The number of phenolic OH excluding ortho intramolecular Hbond substituents is 1. The fraction of sp³-hybridized carbons (Fsp3) is 0.417. The average Bonchev–Trinajstić information content (AvgIpc) is 3.03. The predicted octanol–water partition coefficient (Wildman–Crippen LogP) is 8.54. The lowest BCUT2D eigenvalue weighted by Crippen LogP contribution is -2.49. The van der Waals surface area contributed by atoms with Crippen molar-refractivity contribution in [3.63, 3.8) is 0 Å². The van der Waals surface area contributed by atoms with Crippen LogP contribution < -0.4 is 25.0 Å². The van der Waals surface area contributed by atoms with Gasteiger partial charge in [-0.1, -0.05) is 60.6 Å². The van der Waals surface area contributed by atoms with Crippen LogP contribution in [-0.2, 0) is 26.6 Å². The summed E-state index contributed by atoms with van der Waals surface area (Å²) in [5.74, 6) is -1.21. The lowest BCUT2D eigenvalue weighted by molar-refractivity contribution is -0.137. The number of hydrogen-bond donors (Lipinski definition) is 3. The summed E-state index contributed by atoms with van der Waals surface area (Å²) < 4.78 is 50.5. The molecule has 9 nitrogen and oxygen atoms in total. The molecule has 12 heteroatoms. The first-order valence-electron chi connectivity index (χ1n) is 15.8. The molecule has 0 bridgehead atoms. The lowest BCUT2D eigenvalue weighted by atomic mass is 9.76. The normalized spacial score (nSPS) is 14.1. The zero-order valence-corrected chi connectivity index (χ0v) is 28.2. The summed E-state index contributed by atoms with van der Waals surface area (Å²) in [6.07, 6.45) is -3.59. The molecule has 0 radical (unpaired) electrons. The Labute approximate surface area is 278 Å². The van der Waals surface area contributed by atoms with Crippen molar-refractivity contribution in [1.29, 1.82) is 0 Å². The van der Waals surface area contributed by atoms with Gasteiger partial charge in [-0.05, 0) is 66.0 Å². The fourth-order valence-electron chi connectivity index (χ4n) is 5.14. The third kappa shape index (κ3) is 7.69. The molecule has 1 aliphatic rings. The summed E-state index contributed by atoms with van der Waals surface area (Å²) in [4.78, 5) is 40.6. The van der Waals surface area contributed by atoms with Gasteiger partial charge in [0.1, 0.15) is 17.2 Å². The highest BCUT2D eigenvalue weighted by Crippen LogP contribution is 2.42. The topological polar surface area (TPSA) is 117 Å². The van der Waals surface area contributed by atoms with Gasteiger partial charge in [-0.2, -0.15) is 13.2 Å². The van der Waals surface area contributed by atoms with Gasteiger partial charge in [-0.25, -0.2) is 9.69 Å². The number of fused-ring (bicyclic) bond motifs is 1. The Morgan fingerprint density at radius 1 is 0.917 bits per heavy atom. The smallest absolute Gasteiger partial charge is 0.416 e. The maximum Gasteiger partial charge on any atom is 0.416 e. The van der Waals surface area contributed by atoms with Crippen molar-refractivity contribution in [2.75, 3.05) is 22.1 Å². The third-order valence-corrected chi connectivity index (χ3v) is 9.03. The molecule has 0 saturated carbocycles. The number of benzene rings is 3. The minimum Gasteiger partial charge on any atom is -0.506 e. The number of carbonyl (C=O) groups excluding carboxylic acids is 3. The highest BCUT2D eigenvalue weighted by molar-refractivity contribution is 6.19. The fourth-order valence-corrected chi connectivity index (χ4v) is 5.14. The molecule has 3 N–H and O–H groups in total. The lowest BCUT2D eigenvalue weighted by Gasteiger charge is -2.33. The summed E-state index contributed by atoms with van der Waals surface area (Å²) in [5, 5.41) is 15.6. The second kappa shape index (κ2) is 13.8. The van der Waals surface area contributed by atoms with Crippen molar-refractivity contribution in [2.24, 2.45) is 0 Å². The Balaban J connectivity index is 1.58. The Bertz CT molecular complexity index is 1690. The second-order valence-electron chi connectivity index (χ2n) is 13.0. The Morgan fingerprint density at radius 3 is 2.12 bits per heavy atom. The first-order valence-corrected chi connectivity index (χ1v) is 15.8. The van der Waals surface area contributed by atoms with Crippen LogP contribution in [0, 0.1) is 0 Å². The van der Waals surface area contributed by atoms with Crippen LogP contribution in [0.25, 0.3) is 0 Å². The van der Waals surface area contributed by atoms with Crippen LogP contribution in [0.15, 0.2) is 54.6 Å². The Kier molecular flexibility index (Phi) is 10.4. The van der Waals surface area contributed by atoms with E-state index in [1.165, 1.54) is 6.07 Å². The molecular formula is C36H42F3N3O6. The number of nitrogens with one attached hydrogen (secondary N) is 2. The number of amides is 4. The number of phenols is 1. The highest BCUT2D eigenvalue weighted by atomic mass is 19.4. The van der Waals surface area contributed by atoms with E-state index in [-0.39, 0.29) is 40.1 Å². The number of nitrogens with zero attached hydrogens (tertiary/aromatic N) is 1. The average molecular weight is 670 g/mol. The van der Waals surface area contributed by atoms with Gasteiger partial charge >= 0.3 is 12.2 Å². The Hall–Kier alpha value is -4.74. The van der Waals surface area contributed by atoms with Crippen molar-refractivity contribution < 1.29 is 42.1 Å². The Morgan fingerprint density at radius 2 is 1.54 bits per heavy atom. The van der Waals surface area contributed by atoms with E-state index in [0.717, 1.165) is 59.2 Å². The predicted molar refractivity (Wildman–Crippen MR) is 178 cm³/mol. The number of imide groups is 1. The molecule has 0 aromatic heterocycles. The number of carbonyl (C=O) groups is 3. The number of alkyl halides is 3. The van der Waals surface area contributed by atoms with Crippen LogP contribution in [0.5, 0.6) is 17.2 Å². The molecule has 3 aromatic carbocycles. The molecule has 3 aromatic rings. The zero-order chi connectivity index (χ0) is 35.6.